The van der Waals surface area contributed by atoms with Gasteiger partial charge >= 0.3 is 0 Å². The average molecular weight is 371 g/mol. The number of nitrogens with one attached hydrogen (secondary N) is 2. The summed E-state index contributed by atoms with van der Waals surface area (Å²) in [6.45, 7) is 4.91. The molecule has 0 spiro atoms. The van der Waals surface area contributed by atoms with E-state index in [1.165, 1.54) is 12.4 Å². The fraction of sp³-hybridized carbons (Fsp3) is 0.389. The lowest BCUT2D eigenvalue weighted by Gasteiger charge is -2.26. The van der Waals surface area contributed by atoms with E-state index in [4.69, 9.17) is 14.2 Å². The molecule has 1 aromatic heterocycles. The zero-order valence-corrected chi connectivity index (χ0v) is 14.8. The highest BCUT2D eigenvalue weighted by Gasteiger charge is 2.14. The molecule has 0 unspecified atom stereocenters. The summed E-state index contributed by atoms with van der Waals surface area (Å²) in [5, 5.41) is 5.97. The van der Waals surface area contributed by atoms with Gasteiger partial charge in [0, 0.05) is 50.3 Å². The van der Waals surface area contributed by atoms with Crippen LogP contribution in [0.4, 0.5) is 11.6 Å². The number of nitrogens with zero attached hydrogens (tertiary/aromatic N) is 3. The lowest BCUT2D eigenvalue weighted by Crippen LogP contribution is -2.41. The molecule has 3 heterocycles. The van der Waals surface area contributed by atoms with E-state index in [2.05, 4.69) is 25.5 Å². The van der Waals surface area contributed by atoms with E-state index in [0.717, 1.165) is 38.5 Å². The van der Waals surface area contributed by atoms with Crippen LogP contribution in [0, 0.1) is 0 Å². The number of anilines is 2. The molecule has 9 nitrogen and oxygen atoms in total. The Hall–Kier alpha value is -2.91. The van der Waals surface area contributed by atoms with Crippen molar-refractivity contribution in [2.24, 2.45) is 0 Å². The summed E-state index contributed by atoms with van der Waals surface area (Å²) < 4.78 is 15.9. The summed E-state index contributed by atoms with van der Waals surface area (Å²) >= 11 is 0. The summed E-state index contributed by atoms with van der Waals surface area (Å²) in [7, 11) is 0. The second kappa shape index (κ2) is 8.19. The van der Waals surface area contributed by atoms with Crippen molar-refractivity contribution in [1.29, 1.82) is 0 Å². The molecule has 2 aliphatic heterocycles. The molecule has 0 atom stereocenters. The number of rotatable bonds is 6. The van der Waals surface area contributed by atoms with Gasteiger partial charge in [-0.3, -0.25) is 9.69 Å². The topological polar surface area (TPSA) is 97.8 Å². The molecule has 27 heavy (non-hydrogen) atoms. The van der Waals surface area contributed by atoms with Crippen molar-refractivity contribution in [1.82, 2.24) is 20.2 Å². The first kappa shape index (κ1) is 17.5. The molecule has 2 aliphatic rings. The third-order valence-corrected chi connectivity index (χ3v) is 4.36. The number of morpholine rings is 1. The van der Waals surface area contributed by atoms with Crippen LogP contribution < -0.4 is 20.1 Å². The maximum atomic E-state index is 12.2. The SMILES string of the molecule is O=C(NCCN1CCOCC1)c1cnc(Nc2ccc3c(c2)OCO3)nc1. The van der Waals surface area contributed by atoms with Crippen LogP contribution >= 0.6 is 0 Å². The van der Waals surface area contributed by atoms with Crippen LogP contribution in [0.2, 0.25) is 0 Å². The number of carbonyl (C=O) groups excluding carboxylic acids is 1. The van der Waals surface area contributed by atoms with Gasteiger partial charge in [-0.15, -0.1) is 0 Å². The van der Waals surface area contributed by atoms with E-state index in [1.807, 2.05) is 18.2 Å². The van der Waals surface area contributed by atoms with Crippen LogP contribution in [0.25, 0.3) is 0 Å². The Morgan fingerprint density at radius 2 is 1.89 bits per heavy atom. The third kappa shape index (κ3) is 4.44. The van der Waals surface area contributed by atoms with Crippen molar-refractivity contribution in [2.75, 3.05) is 51.5 Å². The summed E-state index contributed by atoms with van der Waals surface area (Å²) in [4.78, 5) is 22.9. The van der Waals surface area contributed by atoms with Crippen molar-refractivity contribution in [3.05, 3.63) is 36.2 Å². The predicted molar refractivity (Wildman–Crippen MR) is 97.5 cm³/mol. The largest absolute Gasteiger partial charge is 0.454 e. The number of ether oxygens (including phenoxy) is 3. The molecule has 2 aromatic rings. The second-order valence-corrected chi connectivity index (χ2v) is 6.20. The quantitative estimate of drug-likeness (QED) is 0.777. The van der Waals surface area contributed by atoms with Gasteiger partial charge in [-0.1, -0.05) is 0 Å². The van der Waals surface area contributed by atoms with Gasteiger partial charge in [0.25, 0.3) is 5.91 Å². The fourth-order valence-corrected chi connectivity index (χ4v) is 2.87. The number of amides is 1. The molecule has 1 saturated heterocycles. The maximum absolute atomic E-state index is 12.2. The van der Waals surface area contributed by atoms with Gasteiger partial charge in [-0.05, 0) is 12.1 Å². The summed E-state index contributed by atoms with van der Waals surface area (Å²) in [6.07, 6.45) is 3.01. The Morgan fingerprint density at radius 3 is 2.70 bits per heavy atom. The van der Waals surface area contributed by atoms with Crippen molar-refractivity contribution >= 4 is 17.5 Å². The first-order chi connectivity index (χ1) is 13.3. The normalized spacial score (nSPS) is 16.1. The Morgan fingerprint density at radius 1 is 1.11 bits per heavy atom. The molecule has 4 rings (SSSR count). The number of benzene rings is 1. The summed E-state index contributed by atoms with van der Waals surface area (Å²) in [6, 6.07) is 5.49. The Labute approximate surface area is 156 Å². The van der Waals surface area contributed by atoms with E-state index < -0.39 is 0 Å². The number of hydrogen-bond acceptors (Lipinski definition) is 8. The molecule has 0 aliphatic carbocycles. The van der Waals surface area contributed by atoms with Crippen LogP contribution in [-0.2, 0) is 4.74 Å². The van der Waals surface area contributed by atoms with E-state index in [0.29, 0.717) is 29.6 Å². The minimum atomic E-state index is -0.183. The van der Waals surface area contributed by atoms with Gasteiger partial charge in [0.05, 0.1) is 18.8 Å². The van der Waals surface area contributed by atoms with Crippen molar-refractivity contribution in [3.8, 4) is 11.5 Å². The van der Waals surface area contributed by atoms with Gasteiger partial charge in [0.2, 0.25) is 12.7 Å². The van der Waals surface area contributed by atoms with Gasteiger partial charge < -0.3 is 24.8 Å². The average Bonchev–Trinajstić information content (AvgIpc) is 3.17. The number of fused-ring (bicyclic) bond motifs is 1. The standard InChI is InChI=1S/C18H21N5O4/c24-17(19-3-4-23-5-7-25-8-6-23)13-10-20-18(21-11-13)22-14-1-2-15-16(9-14)27-12-26-15/h1-2,9-11H,3-8,12H2,(H,19,24)(H,20,21,22). The molecular weight excluding hydrogens is 350 g/mol. The predicted octanol–water partition coefficient (Wildman–Crippen LogP) is 1.01. The van der Waals surface area contributed by atoms with E-state index in [-0.39, 0.29) is 12.7 Å². The lowest BCUT2D eigenvalue weighted by molar-refractivity contribution is 0.0383. The first-order valence-electron chi connectivity index (χ1n) is 8.85. The van der Waals surface area contributed by atoms with Gasteiger partial charge in [-0.2, -0.15) is 0 Å². The number of carbonyl (C=O) groups is 1. The molecule has 2 N–H and O–H groups in total. The smallest absolute Gasteiger partial charge is 0.254 e. The van der Waals surface area contributed by atoms with Crippen molar-refractivity contribution in [3.63, 3.8) is 0 Å². The molecule has 0 bridgehead atoms. The highest BCUT2D eigenvalue weighted by atomic mass is 16.7. The van der Waals surface area contributed by atoms with E-state index in [9.17, 15) is 4.79 Å². The second-order valence-electron chi connectivity index (χ2n) is 6.20. The Balaban J connectivity index is 1.28. The highest BCUT2D eigenvalue weighted by Crippen LogP contribution is 2.34. The van der Waals surface area contributed by atoms with Crippen molar-refractivity contribution in [2.45, 2.75) is 0 Å². The molecule has 9 heteroatoms. The maximum Gasteiger partial charge on any atom is 0.254 e. The lowest BCUT2D eigenvalue weighted by atomic mass is 10.3. The van der Waals surface area contributed by atoms with E-state index in [1.54, 1.807) is 0 Å². The summed E-state index contributed by atoms with van der Waals surface area (Å²) in [5.41, 5.74) is 1.20. The fourth-order valence-electron chi connectivity index (χ4n) is 2.87. The molecule has 1 aromatic carbocycles. The van der Waals surface area contributed by atoms with Crippen LogP contribution in [0.3, 0.4) is 0 Å². The van der Waals surface area contributed by atoms with Crippen LogP contribution in [0.15, 0.2) is 30.6 Å². The summed E-state index contributed by atoms with van der Waals surface area (Å²) in [5.74, 6) is 1.61. The molecular formula is C18H21N5O4. The van der Waals surface area contributed by atoms with Crippen LogP contribution in [-0.4, -0.2) is 67.0 Å². The number of aromatic nitrogens is 2. The minimum Gasteiger partial charge on any atom is -0.454 e. The zero-order chi connectivity index (χ0) is 18.5. The number of hydrogen-bond donors (Lipinski definition) is 2. The third-order valence-electron chi connectivity index (χ3n) is 4.36. The Kier molecular flexibility index (Phi) is 5.31. The van der Waals surface area contributed by atoms with Crippen LogP contribution in [0.1, 0.15) is 10.4 Å². The van der Waals surface area contributed by atoms with Gasteiger partial charge in [-0.25, -0.2) is 9.97 Å². The first-order valence-corrected chi connectivity index (χ1v) is 8.85. The monoisotopic (exact) mass is 371 g/mol. The molecule has 0 radical (unpaired) electrons. The Bertz CT molecular complexity index is 793. The van der Waals surface area contributed by atoms with Gasteiger partial charge in [0.1, 0.15) is 0 Å². The van der Waals surface area contributed by atoms with Gasteiger partial charge in [0.15, 0.2) is 11.5 Å². The zero-order valence-electron chi connectivity index (χ0n) is 14.8. The molecule has 0 saturated carbocycles. The van der Waals surface area contributed by atoms with Crippen LogP contribution in [0.5, 0.6) is 11.5 Å². The molecule has 1 fully saturated rings. The molecule has 1 amide bonds. The molecule has 142 valence electrons. The van der Waals surface area contributed by atoms with E-state index >= 15 is 0 Å². The highest BCUT2D eigenvalue weighted by molar-refractivity contribution is 5.93. The van der Waals surface area contributed by atoms with Crippen molar-refractivity contribution < 1.29 is 19.0 Å². The minimum absolute atomic E-state index is 0.183.